The number of anilines is 2. The number of para-hydroxylation sites is 2. The maximum Gasteiger partial charge on any atom is 0.334 e. The van der Waals surface area contributed by atoms with Crippen molar-refractivity contribution in [3.05, 3.63) is 95.6 Å². The van der Waals surface area contributed by atoms with Gasteiger partial charge in [-0.25, -0.2) is 4.79 Å². The molecular formula is C36H42N4O4. The topological polar surface area (TPSA) is 82.2 Å². The predicted molar refractivity (Wildman–Crippen MR) is 171 cm³/mol. The van der Waals surface area contributed by atoms with Gasteiger partial charge in [-0.2, -0.15) is 0 Å². The summed E-state index contributed by atoms with van der Waals surface area (Å²) in [7, 11) is 0. The summed E-state index contributed by atoms with van der Waals surface area (Å²) >= 11 is 0. The van der Waals surface area contributed by atoms with Gasteiger partial charge in [0.15, 0.2) is 6.04 Å². The number of piperidine rings is 1. The van der Waals surface area contributed by atoms with Crippen molar-refractivity contribution in [1.82, 2.24) is 10.2 Å². The Hall–Kier alpha value is -4.17. The fourth-order valence-electron chi connectivity index (χ4n) is 6.84. The standard InChI is InChI=1S/C36H42N4O4/c1-35(2,3)44-33(42)32(27-13-5-4-6-14-27)40-25-37-36(34(40)43)19-22-38(23-20-36)29-17-9-7-12-26(29)16-11-21-39-30-18-10-8-15-28(30)24-31(39)41/h4-10,12-15,17-18,32,37H,11,16,19-25H2,1-3H3. The van der Waals surface area contributed by atoms with E-state index >= 15 is 0 Å². The van der Waals surface area contributed by atoms with E-state index in [0.29, 0.717) is 32.5 Å². The third kappa shape index (κ3) is 5.95. The molecule has 230 valence electrons. The predicted octanol–water partition coefficient (Wildman–Crippen LogP) is 5.02. The van der Waals surface area contributed by atoms with E-state index in [9.17, 15) is 14.4 Å². The lowest BCUT2D eigenvalue weighted by Gasteiger charge is -2.40. The molecule has 3 aromatic rings. The van der Waals surface area contributed by atoms with Gasteiger partial charge in [0.25, 0.3) is 0 Å². The maximum atomic E-state index is 14.1. The van der Waals surface area contributed by atoms with Crippen LogP contribution in [-0.2, 0) is 32.0 Å². The quantitative estimate of drug-likeness (QED) is 0.369. The van der Waals surface area contributed by atoms with Gasteiger partial charge < -0.3 is 19.4 Å². The summed E-state index contributed by atoms with van der Waals surface area (Å²) in [5.41, 5.74) is 3.97. The molecule has 0 radical (unpaired) electrons. The van der Waals surface area contributed by atoms with Crippen LogP contribution in [0.1, 0.15) is 62.8 Å². The van der Waals surface area contributed by atoms with Gasteiger partial charge in [-0.05, 0) is 75.3 Å². The number of aryl methyl sites for hydroxylation is 1. The zero-order chi connectivity index (χ0) is 30.9. The highest BCUT2D eigenvalue weighted by Gasteiger charge is 2.51. The van der Waals surface area contributed by atoms with E-state index in [4.69, 9.17) is 4.74 Å². The van der Waals surface area contributed by atoms with E-state index in [1.807, 2.05) is 80.3 Å². The number of benzene rings is 3. The highest BCUT2D eigenvalue weighted by atomic mass is 16.6. The number of hydrogen-bond acceptors (Lipinski definition) is 6. The van der Waals surface area contributed by atoms with Gasteiger partial charge in [-0.1, -0.05) is 66.7 Å². The fourth-order valence-corrected chi connectivity index (χ4v) is 6.84. The first-order valence-electron chi connectivity index (χ1n) is 15.7. The minimum absolute atomic E-state index is 0.0410. The second kappa shape index (κ2) is 12.1. The number of hydrogen-bond donors (Lipinski definition) is 1. The second-order valence-corrected chi connectivity index (χ2v) is 13.1. The number of nitrogens with zero attached hydrogens (tertiary/aromatic N) is 3. The molecule has 2 amide bonds. The zero-order valence-electron chi connectivity index (χ0n) is 25.9. The van der Waals surface area contributed by atoms with Crippen molar-refractivity contribution in [2.24, 2.45) is 0 Å². The molecule has 0 aromatic heterocycles. The molecule has 0 bridgehead atoms. The van der Waals surface area contributed by atoms with Crippen LogP contribution in [0.25, 0.3) is 0 Å². The summed E-state index contributed by atoms with van der Waals surface area (Å²) in [5, 5.41) is 3.51. The van der Waals surface area contributed by atoms with E-state index < -0.39 is 23.2 Å². The average Bonchev–Trinajstić information content (AvgIpc) is 3.49. The Morgan fingerprint density at radius 3 is 2.30 bits per heavy atom. The Morgan fingerprint density at radius 1 is 0.909 bits per heavy atom. The largest absolute Gasteiger partial charge is 0.458 e. The minimum atomic E-state index is -0.803. The summed E-state index contributed by atoms with van der Waals surface area (Å²) in [6, 6.07) is 25.1. The van der Waals surface area contributed by atoms with Crippen LogP contribution >= 0.6 is 0 Å². The Bertz CT molecular complexity index is 1520. The molecule has 2 fully saturated rings. The molecule has 8 heteroatoms. The molecule has 0 aliphatic carbocycles. The number of nitrogens with one attached hydrogen (secondary N) is 1. The molecule has 6 rings (SSSR count). The summed E-state index contributed by atoms with van der Waals surface area (Å²) < 4.78 is 5.78. The number of ether oxygens (including phenoxy) is 1. The van der Waals surface area contributed by atoms with Crippen molar-refractivity contribution in [2.75, 3.05) is 36.1 Å². The Kier molecular flexibility index (Phi) is 8.20. The van der Waals surface area contributed by atoms with Crippen molar-refractivity contribution in [3.63, 3.8) is 0 Å². The van der Waals surface area contributed by atoms with Crippen molar-refractivity contribution in [2.45, 2.75) is 70.1 Å². The SMILES string of the molecule is CC(C)(C)OC(=O)C(c1ccccc1)N1CNC2(CCN(c3ccccc3CCCN3C(=O)Cc4ccccc43)CC2)C1=O. The monoisotopic (exact) mass is 594 g/mol. The molecule has 8 nitrogen and oxygen atoms in total. The third-order valence-corrected chi connectivity index (χ3v) is 9.02. The first-order valence-corrected chi connectivity index (χ1v) is 15.7. The smallest absolute Gasteiger partial charge is 0.334 e. The second-order valence-electron chi connectivity index (χ2n) is 13.1. The molecular weight excluding hydrogens is 552 g/mol. The van der Waals surface area contributed by atoms with E-state index in [2.05, 4.69) is 34.5 Å². The lowest BCUT2D eigenvalue weighted by molar-refractivity contribution is -0.164. The Morgan fingerprint density at radius 2 is 1.57 bits per heavy atom. The molecule has 1 atom stereocenters. The van der Waals surface area contributed by atoms with Crippen LogP contribution in [0.3, 0.4) is 0 Å². The first-order chi connectivity index (χ1) is 21.2. The number of amides is 2. The van der Waals surface area contributed by atoms with Crippen molar-refractivity contribution in [1.29, 1.82) is 0 Å². The summed E-state index contributed by atoms with van der Waals surface area (Å²) in [4.78, 5) is 46.1. The van der Waals surface area contributed by atoms with Crippen LogP contribution in [0, 0.1) is 0 Å². The van der Waals surface area contributed by atoms with Gasteiger partial charge in [-0.15, -0.1) is 0 Å². The molecule has 3 heterocycles. The molecule has 3 aromatic carbocycles. The van der Waals surface area contributed by atoms with Gasteiger partial charge in [-0.3, -0.25) is 14.9 Å². The molecule has 44 heavy (non-hydrogen) atoms. The highest BCUT2D eigenvalue weighted by molar-refractivity contribution is 6.01. The highest BCUT2D eigenvalue weighted by Crippen LogP contribution is 2.37. The molecule has 0 saturated carbocycles. The number of carbonyl (C=O) groups is 3. The summed E-state index contributed by atoms with van der Waals surface area (Å²) in [5.74, 6) is -0.285. The third-order valence-electron chi connectivity index (χ3n) is 9.02. The number of fused-ring (bicyclic) bond motifs is 1. The average molecular weight is 595 g/mol. The zero-order valence-corrected chi connectivity index (χ0v) is 25.9. The minimum Gasteiger partial charge on any atom is -0.458 e. The van der Waals surface area contributed by atoms with Crippen molar-refractivity contribution in [3.8, 4) is 0 Å². The molecule has 2 saturated heterocycles. The van der Waals surface area contributed by atoms with Crippen molar-refractivity contribution >= 4 is 29.2 Å². The number of esters is 1. The summed E-state index contributed by atoms with van der Waals surface area (Å²) in [6.07, 6.45) is 3.51. The lowest BCUT2D eigenvalue weighted by Crippen LogP contribution is -2.55. The first kappa shape index (κ1) is 29.9. The maximum absolute atomic E-state index is 14.1. The van der Waals surface area contributed by atoms with Crippen LogP contribution in [0.2, 0.25) is 0 Å². The van der Waals surface area contributed by atoms with Crippen LogP contribution in [0.4, 0.5) is 11.4 Å². The van der Waals surface area contributed by atoms with E-state index in [1.54, 1.807) is 4.90 Å². The van der Waals surface area contributed by atoms with E-state index in [0.717, 1.165) is 42.7 Å². The van der Waals surface area contributed by atoms with Gasteiger partial charge in [0.05, 0.1) is 13.1 Å². The van der Waals surface area contributed by atoms with Crippen LogP contribution in [0.5, 0.6) is 0 Å². The molecule has 1 unspecified atom stereocenters. The fraction of sp³-hybridized carbons (Fsp3) is 0.417. The van der Waals surface area contributed by atoms with Gasteiger partial charge >= 0.3 is 5.97 Å². The Balaban J connectivity index is 1.11. The molecule has 1 N–H and O–H groups in total. The Labute approximate surface area is 260 Å². The van der Waals surface area contributed by atoms with Crippen LogP contribution in [-0.4, -0.2) is 60.1 Å². The number of carbonyl (C=O) groups excluding carboxylic acids is 3. The van der Waals surface area contributed by atoms with Gasteiger partial charge in [0, 0.05) is 31.0 Å². The van der Waals surface area contributed by atoms with Gasteiger partial charge in [0.2, 0.25) is 11.8 Å². The number of rotatable bonds is 8. The van der Waals surface area contributed by atoms with E-state index in [-0.39, 0.29) is 11.8 Å². The van der Waals surface area contributed by atoms with Crippen LogP contribution < -0.4 is 15.1 Å². The molecule has 3 aliphatic rings. The summed E-state index contributed by atoms with van der Waals surface area (Å²) in [6.45, 7) is 7.98. The van der Waals surface area contributed by atoms with Crippen molar-refractivity contribution < 1.29 is 19.1 Å². The van der Waals surface area contributed by atoms with Crippen LogP contribution in [0.15, 0.2) is 78.9 Å². The van der Waals surface area contributed by atoms with E-state index in [1.165, 1.54) is 11.3 Å². The molecule has 1 spiro atoms. The normalized spacial score (nSPS) is 18.6. The van der Waals surface area contributed by atoms with Gasteiger partial charge in [0.1, 0.15) is 11.1 Å². The molecule has 3 aliphatic heterocycles. The lowest BCUT2D eigenvalue weighted by atomic mass is 9.86.